The van der Waals surface area contributed by atoms with E-state index in [0.29, 0.717) is 13.1 Å². The Morgan fingerprint density at radius 3 is 2.92 bits per heavy atom. The molecule has 2 aromatic rings. The minimum atomic E-state index is 0.0116. The molecule has 1 unspecified atom stereocenters. The van der Waals surface area contributed by atoms with Crippen molar-refractivity contribution in [1.29, 1.82) is 0 Å². The van der Waals surface area contributed by atoms with E-state index in [0.717, 1.165) is 62.6 Å². The number of ether oxygens (including phenoxy) is 1. The van der Waals surface area contributed by atoms with Crippen molar-refractivity contribution in [2.24, 2.45) is 0 Å². The average molecular weight is 358 g/mol. The first-order chi connectivity index (χ1) is 12.7. The lowest BCUT2D eigenvalue weighted by Crippen LogP contribution is -2.52. The van der Waals surface area contributed by atoms with Crippen molar-refractivity contribution < 1.29 is 13.9 Å². The van der Waals surface area contributed by atoms with E-state index in [1.54, 1.807) is 0 Å². The van der Waals surface area contributed by atoms with Gasteiger partial charge < -0.3 is 19.4 Å². The summed E-state index contributed by atoms with van der Waals surface area (Å²) in [5.41, 5.74) is 2.92. The SMILES string of the molecule is Cc1ccc2oc(CN3CCN(C(=O)NCC4CCCO4)CC3)nc2c1. The number of oxazole rings is 1. The number of hydrogen-bond donors (Lipinski definition) is 1. The summed E-state index contributed by atoms with van der Waals surface area (Å²) in [4.78, 5) is 21.0. The Bertz CT molecular complexity index is 761. The van der Waals surface area contributed by atoms with Gasteiger partial charge in [-0.05, 0) is 37.5 Å². The minimum absolute atomic E-state index is 0.0116. The van der Waals surface area contributed by atoms with Crippen LogP contribution in [0.2, 0.25) is 0 Å². The molecule has 0 saturated carbocycles. The highest BCUT2D eigenvalue weighted by Crippen LogP contribution is 2.18. The molecule has 0 aliphatic carbocycles. The number of fused-ring (bicyclic) bond motifs is 1. The van der Waals surface area contributed by atoms with Gasteiger partial charge in [-0.15, -0.1) is 0 Å². The molecule has 2 aliphatic rings. The molecule has 1 N–H and O–H groups in total. The van der Waals surface area contributed by atoms with Gasteiger partial charge in [0.1, 0.15) is 5.52 Å². The van der Waals surface area contributed by atoms with E-state index in [1.165, 1.54) is 5.56 Å². The largest absolute Gasteiger partial charge is 0.439 e. The van der Waals surface area contributed by atoms with Crippen molar-refractivity contribution in [3.63, 3.8) is 0 Å². The molecular weight excluding hydrogens is 332 g/mol. The third kappa shape index (κ3) is 3.99. The number of amides is 2. The van der Waals surface area contributed by atoms with Gasteiger partial charge in [0, 0.05) is 39.3 Å². The zero-order valence-electron chi connectivity index (χ0n) is 15.2. The van der Waals surface area contributed by atoms with Gasteiger partial charge >= 0.3 is 6.03 Å². The van der Waals surface area contributed by atoms with Gasteiger partial charge in [-0.25, -0.2) is 9.78 Å². The third-order valence-electron chi connectivity index (χ3n) is 5.11. The minimum Gasteiger partial charge on any atom is -0.439 e. The Morgan fingerprint density at radius 1 is 1.31 bits per heavy atom. The number of aromatic nitrogens is 1. The van der Waals surface area contributed by atoms with E-state index in [2.05, 4.69) is 22.1 Å². The molecule has 0 bridgehead atoms. The molecule has 1 aromatic carbocycles. The smallest absolute Gasteiger partial charge is 0.317 e. The predicted octanol–water partition coefficient (Wildman–Crippen LogP) is 2.14. The van der Waals surface area contributed by atoms with Crippen LogP contribution in [0.5, 0.6) is 0 Å². The summed E-state index contributed by atoms with van der Waals surface area (Å²) < 4.78 is 11.4. The zero-order valence-corrected chi connectivity index (χ0v) is 15.2. The summed E-state index contributed by atoms with van der Waals surface area (Å²) in [6.45, 7) is 7.25. The normalized spacial score (nSPS) is 21.4. The highest BCUT2D eigenvalue weighted by atomic mass is 16.5. The second kappa shape index (κ2) is 7.63. The summed E-state index contributed by atoms with van der Waals surface area (Å²) >= 11 is 0. The van der Waals surface area contributed by atoms with E-state index >= 15 is 0 Å². The van der Waals surface area contributed by atoms with Crippen molar-refractivity contribution in [1.82, 2.24) is 20.1 Å². The molecule has 1 atom stereocenters. The van der Waals surface area contributed by atoms with Crippen LogP contribution < -0.4 is 5.32 Å². The molecule has 2 fully saturated rings. The molecular formula is C19H26N4O3. The number of urea groups is 1. The Hall–Kier alpha value is -2.12. The maximum atomic E-state index is 12.3. The number of benzene rings is 1. The fourth-order valence-corrected chi connectivity index (χ4v) is 3.57. The third-order valence-corrected chi connectivity index (χ3v) is 5.11. The molecule has 2 amide bonds. The van der Waals surface area contributed by atoms with Gasteiger partial charge in [0.15, 0.2) is 5.58 Å². The van der Waals surface area contributed by atoms with Crippen molar-refractivity contribution in [3.05, 3.63) is 29.7 Å². The number of nitrogens with zero attached hydrogens (tertiary/aromatic N) is 3. The van der Waals surface area contributed by atoms with E-state index in [1.807, 2.05) is 23.1 Å². The molecule has 7 nitrogen and oxygen atoms in total. The van der Waals surface area contributed by atoms with Crippen LogP contribution in [0.25, 0.3) is 11.1 Å². The Labute approximate surface area is 153 Å². The van der Waals surface area contributed by atoms with Crippen molar-refractivity contribution >= 4 is 17.1 Å². The highest BCUT2D eigenvalue weighted by molar-refractivity contribution is 5.74. The van der Waals surface area contributed by atoms with Crippen LogP contribution in [0.15, 0.2) is 22.6 Å². The monoisotopic (exact) mass is 358 g/mol. The molecule has 0 radical (unpaired) electrons. The molecule has 3 heterocycles. The van der Waals surface area contributed by atoms with Crippen molar-refractivity contribution in [2.75, 3.05) is 39.3 Å². The van der Waals surface area contributed by atoms with E-state index in [9.17, 15) is 4.79 Å². The summed E-state index contributed by atoms with van der Waals surface area (Å²) in [5.74, 6) is 0.738. The molecule has 2 aliphatic heterocycles. The lowest BCUT2D eigenvalue weighted by atomic mass is 10.2. The van der Waals surface area contributed by atoms with Crippen LogP contribution in [-0.2, 0) is 11.3 Å². The van der Waals surface area contributed by atoms with Crippen LogP contribution in [-0.4, -0.2) is 66.2 Å². The average Bonchev–Trinajstić information content (AvgIpc) is 3.29. The van der Waals surface area contributed by atoms with Crippen molar-refractivity contribution in [2.45, 2.75) is 32.4 Å². The molecule has 1 aromatic heterocycles. The summed E-state index contributed by atoms with van der Waals surface area (Å²) in [7, 11) is 0. The fraction of sp³-hybridized carbons (Fsp3) is 0.579. The molecule has 0 spiro atoms. The van der Waals surface area contributed by atoms with Crippen LogP contribution in [0.3, 0.4) is 0 Å². The zero-order chi connectivity index (χ0) is 17.9. The van der Waals surface area contributed by atoms with Gasteiger partial charge in [0.05, 0.1) is 12.6 Å². The maximum Gasteiger partial charge on any atom is 0.317 e. The Balaban J connectivity index is 1.25. The Kier molecular flexibility index (Phi) is 5.08. The summed E-state index contributed by atoms with van der Waals surface area (Å²) in [6, 6.07) is 6.05. The van der Waals surface area contributed by atoms with E-state index in [4.69, 9.17) is 9.15 Å². The van der Waals surface area contributed by atoms with E-state index in [-0.39, 0.29) is 12.1 Å². The van der Waals surface area contributed by atoms with Crippen LogP contribution in [0.4, 0.5) is 4.79 Å². The highest BCUT2D eigenvalue weighted by Gasteiger charge is 2.23. The number of piperazine rings is 1. The number of carbonyl (C=O) groups is 1. The van der Waals surface area contributed by atoms with Crippen molar-refractivity contribution in [3.8, 4) is 0 Å². The first kappa shape index (κ1) is 17.3. The topological polar surface area (TPSA) is 70.8 Å². The van der Waals surface area contributed by atoms with Crippen LogP contribution >= 0.6 is 0 Å². The molecule has 4 rings (SSSR count). The first-order valence-corrected chi connectivity index (χ1v) is 9.40. The first-order valence-electron chi connectivity index (χ1n) is 9.40. The lowest BCUT2D eigenvalue weighted by molar-refractivity contribution is 0.103. The Morgan fingerprint density at radius 2 is 2.15 bits per heavy atom. The lowest BCUT2D eigenvalue weighted by Gasteiger charge is -2.34. The summed E-state index contributed by atoms with van der Waals surface area (Å²) in [6.07, 6.45) is 2.32. The molecule has 26 heavy (non-hydrogen) atoms. The maximum absolute atomic E-state index is 12.3. The van der Waals surface area contributed by atoms with Gasteiger partial charge in [0.25, 0.3) is 0 Å². The molecule has 2 saturated heterocycles. The standard InChI is InChI=1S/C19H26N4O3/c1-14-4-5-17-16(11-14)21-18(26-17)13-22-6-8-23(9-7-22)19(24)20-12-15-3-2-10-25-15/h4-5,11,15H,2-3,6-10,12-13H2,1H3,(H,20,24). The second-order valence-corrected chi connectivity index (χ2v) is 7.16. The number of hydrogen-bond acceptors (Lipinski definition) is 5. The van der Waals surface area contributed by atoms with Gasteiger partial charge in [-0.2, -0.15) is 0 Å². The van der Waals surface area contributed by atoms with Gasteiger partial charge in [-0.1, -0.05) is 6.07 Å². The second-order valence-electron chi connectivity index (χ2n) is 7.16. The number of aryl methyl sites for hydroxylation is 1. The van der Waals surface area contributed by atoms with E-state index < -0.39 is 0 Å². The predicted molar refractivity (Wildman–Crippen MR) is 98.0 cm³/mol. The summed E-state index contributed by atoms with van der Waals surface area (Å²) in [5, 5.41) is 2.99. The number of carbonyl (C=O) groups excluding carboxylic acids is 1. The molecule has 7 heteroatoms. The molecule has 140 valence electrons. The quantitative estimate of drug-likeness (QED) is 0.907. The van der Waals surface area contributed by atoms with Gasteiger partial charge in [0.2, 0.25) is 5.89 Å². The van der Waals surface area contributed by atoms with Gasteiger partial charge in [-0.3, -0.25) is 4.90 Å². The number of nitrogens with one attached hydrogen (secondary N) is 1. The van der Waals surface area contributed by atoms with Crippen LogP contribution in [0, 0.1) is 6.92 Å². The van der Waals surface area contributed by atoms with Crippen LogP contribution in [0.1, 0.15) is 24.3 Å². The number of rotatable bonds is 4. The fourth-order valence-electron chi connectivity index (χ4n) is 3.57.